The van der Waals surface area contributed by atoms with Crippen LogP contribution in [-0.2, 0) is 4.79 Å². The zero-order valence-electron chi connectivity index (χ0n) is 11.5. The number of benzene rings is 1. The van der Waals surface area contributed by atoms with E-state index >= 15 is 0 Å². The Bertz CT molecular complexity index is 444. The van der Waals surface area contributed by atoms with Crippen LogP contribution in [0, 0.1) is 11.8 Å². The molecule has 1 aliphatic carbocycles. The fourth-order valence-electron chi connectivity index (χ4n) is 2.74. The molecule has 0 spiro atoms. The van der Waals surface area contributed by atoms with Gasteiger partial charge in [0, 0.05) is 5.92 Å². The molecule has 1 aromatic rings. The topological polar surface area (TPSA) is 17.1 Å². The number of hydrogen-bond acceptors (Lipinski definition) is 1. The van der Waals surface area contributed by atoms with Gasteiger partial charge in [-0.1, -0.05) is 61.6 Å². The summed E-state index contributed by atoms with van der Waals surface area (Å²) >= 11 is 0. The van der Waals surface area contributed by atoms with Crippen molar-refractivity contribution in [1.29, 1.82) is 0 Å². The van der Waals surface area contributed by atoms with Gasteiger partial charge >= 0.3 is 0 Å². The molecule has 0 aromatic heterocycles. The second kappa shape index (κ2) is 7.08. The SMILES string of the molecule is CC(C=O)CCC(c1ccccc1)C1C=CC=CC1. The third-order valence-corrected chi connectivity index (χ3v) is 3.92. The molecule has 1 heteroatoms. The van der Waals surface area contributed by atoms with Crippen LogP contribution in [-0.4, -0.2) is 6.29 Å². The number of aldehydes is 1. The molecule has 1 nitrogen and oxygen atoms in total. The summed E-state index contributed by atoms with van der Waals surface area (Å²) in [7, 11) is 0. The summed E-state index contributed by atoms with van der Waals surface area (Å²) in [6.07, 6.45) is 13.0. The molecule has 0 radical (unpaired) electrons. The minimum absolute atomic E-state index is 0.161. The minimum atomic E-state index is 0.161. The average Bonchev–Trinajstić information content (AvgIpc) is 2.49. The number of allylic oxidation sites excluding steroid dienone is 4. The highest BCUT2D eigenvalue weighted by molar-refractivity contribution is 5.52. The van der Waals surface area contributed by atoms with Crippen molar-refractivity contribution in [2.75, 3.05) is 0 Å². The Hall–Kier alpha value is -1.63. The van der Waals surface area contributed by atoms with Gasteiger partial charge in [0.25, 0.3) is 0 Å². The van der Waals surface area contributed by atoms with Crippen molar-refractivity contribution < 1.29 is 4.79 Å². The molecule has 0 saturated heterocycles. The molecule has 19 heavy (non-hydrogen) atoms. The monoisotopic (exact) mass is 254 g/mol. The van der Waals surface area contributed by atoms with Crippen molar-refractivity contribution >= 4 is 6.29 Å². The maximum Gasteiger partial charge on any atom is 0.122 e. The lowest BCUT2D eigenvalue weighted by Crippen LogP contribution is -2.13. The van der Waals surface area contributed by atoms with Gasteiger partial charge in [-0.2, -0.15) is 0 Å². The molecule has 3 unspecified atom stereocenters. The molecular formula is C18H22O. The lowest BCUT2D eigenvalue weighted by Gasteiger charge is -2.26. The highest BCUT2D eigenvalue weighted by Crippen LogP contribution is 2.34. The fourth-order valence-corrected chi connectivity index (χ4v) is 2.74. The van der Waals surface area contributed by atoms with E-state index in [1.807, 2.05) is 6.92 Å². The van der Waals surface area contributed by atoms with Crippen LogP contribution in [0.4, 0.5) is 0 Å². The van der Waals surface area contributed by atoms with E-state index in [0.717, 1.165) is 25.5 Å². The second-order valence-electron chi connectivity index (χ2n) is 5.42. The van der Waals surface area contributed by atoms with Gasteiger partial charge in [-0.3, -0.25) is 0 Å². The van der Waals surface area contributed by atoms with Crippen LogP contribution < -0.4 is 0 Å². The van der Waals surface area contributed by atoms with Crippen molar-refractivity contribution in [3.05, 3.63) is 60.2 Å². The first-order valence-corrected chi connectivity index (χ1v) is 7.15. The fraction of sp³-hybridized carbons (Fsp3) is 0.389. The van der Waals surface area contributed by atoms with E-state index in [1.165, 1.54) is 5.56 Å². The molecule has 2 rings (SSSR count). The number of hydrogen-bond donors (Lipinski definition) is 0. The highest BCUT2D eigenvalue weighted by atomic mass is 16.1. The van der Waals surface area contributed by atoms with Crippen molar-refractivity contribution in [3.8, 4) is 0 Å². The predicted octanol–water partition coefficient (Wildman–Crippen LogP) is 4.52. The summed E-state index contributed by atoms with van der Waals surface area (Å²) in [6.45, 7) is 2.01. The molecule has 0 heterocycles. The predicted molar refractivity (Wildman–Crippen MR) is 80.0 cm³/mol. The summed E-state index contributed by atoms with van der Waals surface area (Å²) in [6, 6.07) is 10.7. The first-order chi connectivity index (χ1) is 9.31. The van der Waals surface area contributed by atoms with Crippen LogP contribution in [0.25, 0.3) is 0 Å². The Balaban J connectivity index is 2.11. The largest absolute Gasteiger partial charge is 0.303 e. The molecule has 0 aliphatic heterocycles. The number of rotatable bonds is 6. The lowest BCUT2D eigenvalue weighted by molar-refractivity contribution is -0.110. The Kier molecular flexibility index (Phi) is 5.14. The lowest BCUT2D eigenvalue weighted by atomic mass is 9.78. The van der Waals surface area contributed by atoms with Crippen LogP contribution in [0.2, 0.25) is 0 Å². The average molecular weight is 254 g/mol. The van der Waals surface area contributed by atoms with Gasteiger partial charge < -0.3 is 4.79 Å². The maximum atomic E-state index is 10.8. The van der Waals surface area contributed by atoms with Crippen molar-refractivity contribution in [2.24, 2.45) is 11.8 Å². The molecular weight excluding hydrogens is 232 g/mol. The zero-order valence-corrected chi connectivity index (χ0v) is 11.5. The van der Waals surface area contributed by atoms with Crippen molar-refractivity contribution in [1.82, 2.24) is 0 Å². The zero-order chi connectivity index (χ0) is 13.5. The van der Waals surface area contributed by atoms with Crippen molar-refractivity contribution in [3.63, 3.8) is 0 Å². The number of carbonyl (C=O) groups is 1. The molecule has 0 saturated carbocycles. The molecule has 0 amide bonds. The van der Waals surface area contributed by atoms with E-state index < -0.39 is 0 Å². The van der Waals surface area contributed by atoms with E-state index in [9.17, 15) is 4.79 Å². The Labute approximate surface area is 116 Å². The van der Waals surface area contributed by atoms with Crippen LogP contribution >= 0.6 is 0 Å². The van der Waals surface area contributed by atoms with Crippen LogP contribution in [0.3, 0.4) is 0 Å². The van der Waals surface area contributed by atoms with Gasteiger partial charge in [-0.05, 0) is 36.7 Å². The molecule has 0 bridgehead atoms. The molecule has 3 atom stereocenters. The van der Waals surface area contributed by atoms with E-state index in [4.69, 9.17) is 0 Å². The van der Waals surface area contributed by atoms with E-state index in [0.29, 0.717) is 11.8 Å². The van der Waals surface area contributed by atoms with E-state index in [1.54, 1.807) is 0 Å². The van der Waals surface area contributed by atoms with E-state index in [-0.39, 0.29) is 5.92 Å². The van der Waals surface area contributed by atoms with Gasteiger partial charge in [0.1, 0.15) is 6.29 Å². The number of carbonyl (C=O) groups excluding carboxylic acids is 1. The molecule has 0 N–H and O–H groups in total. The normalized spacial score (nSPS) is 21.0. The molecule has 0 fully saturated rings. The molecule has 100 valence electrons. The second-order valence-corrected chi connectivity index (χ2v) is 5.42. The van der Waals surface area contributed by atoms with Crippen LogP contribution in [0.5, 0.6) is 0 Å². The minimum Gasteiger partial charge on any atom is -0.303 e. The van der Waals surface area contributed by atoms with Crippen LogP contribution in [0.15, 0.2) is 54.6 Å². The van der Waals surface area contributed by atoms with Crippen LogP contribution in [0.1, 0.15) is 37.7 Å². The Morgan fingerprint density at radius 3 is 2.63 bits per heavy atom. The first-order valence-electron chi connectivity index (χ1n) is 7.15. The third-order valence-electron chi connectivity index (χ3n) is 3.92. The summed E-state index contributed by atoms with van der Waals surface area (Å²) in [4.78, 5) is 10.8. The summed E-state index contributed by atoms with van der Waals surface area (Å²) < 4.78 is 0. The van der Waals surface area contributed by atoms with Gasteiger partial charge in [-0.25, -0.2) is 0 Å². The molecule has 1 aromatic carbocycles. The summed E-state index contributed by atoms with van der Waals surface area (Å²) in [5.74, 6) is 1.24. The molecule has 1 aliphatic rings. The maximum absolute atomic E-state index is 10.8. The van der Waals surface area contributed by atoms with Gasteiger partial charge in [-0.15, -0.1) is 0 Å². The van der Waals surface area contributed by atoms with E-state index in [2.05, 4.69) is 54.6 Å². The Morgan fingerprint density at radius 2 is 2.00 bits per heavy atom. The Morgan fingerprint density at radius 1 is 1.21 bits per heavy atom. The van der Waals surface area contributed by atoms with Gasteiger partial charge in [0.2, 0.25) is 0 Å². The quantitative estimate of drug-likeness (QED) is 0.682. The smallest absolute Gasteiger partial charge is 0.122 e. The van der Waals surface area contributed by atoms with Gasteiger partial charge in [0.05, 0.1) is 0 Å². The third kappa shape index (κ3) is 3.92. The van der Waals surface area contributed by atoms with Crippen molar-refractivity contribution in [2.45, 2.75) is 32.1 Å². The first kappa shape index (κ1) is 13.8. The van der Waals surface area contributed by atoms with Gasteiger partial charge in [0.15, 0.2) is 0 Å². The summed E-state index contributed by atoms with van der Waals surface area (Å²) in [5.41, 5.74) is 1.39. The highest BCUT2D eigenvalue weighted by Gasteiger charge is 2.21. The standard InChI is InChI=1S/C18H22O/c1-15(14-19)12-13-18(16-8-4-2-5-9-16)17-10-6-3-7-11-17/h2-10,14-15,17-18H,11-13H2,1H3. The summed E-state index contributed by atoms with van der Waals surface area (Å²) in [5, 5.41) is 0.